The number of hydrogen-bond donors (Lipinski definition) is 0. The number of benzene rings is 3. The maximum Gasteiger partial charge on any atom is 0.416 e. The Morgan fingerprint density at radius 1 is 0.641 bits per heavy atom. The van der Waals surface area contributed by atoms with Crippen molar-refractivity contribution in [3.05, 3.63) is 119 Å². The van der Waals surface area contributed by atoms with Crippen LogP contribution in [0.3, 0.4) is 0 Å². The molecule has 0 saturated heterocycles. The fourth-order valence-electron chi connectivity index (χ4n) is 3.53. The predicted octanol–water partition coefficient (Wildman–Crippen LogP) is 2.14. The molecule has 39 heavy (non-hydrogen) atoms. The molecule has 3 aromatic carbocycles. The van der Waals surface area contributed by atoms with Crippen molar-refractivity contribution in [3.63, 3.8) is 0 Å². The van der Waals surface area contributed by atoms with Crippen molar-refractivity contribution in [2.75, 3.05) is 0 Å². The van der Waals surface area contributed by atoms with E-state index in [0.29, 0.717) is 29.0 Å². The van der Waals surface area contributed by atoms with Crippen LogP contribution in [-0.2, 0) is 12.4 Å². The average molecular weight is 572 g/mol. The molecule has 0 unspecified atom stereocenters. The molecule has 0 aliphatic rings. The maximum absolute atomic E-state index is 13.5. The molecule has 0 bridgehead atoms. The predicted molar refractivity (Wildman–Crippen MR) is 113 cm³/mol. The van der Waals surface area contributed by atoms with Crippen molar-refractivity contribution >= 4 is 5.78 Å². The highest BCUT2D eigenvalue weighted by atomic mass is 35.7. The lowest BCUT2D eigenvalue weighted by Crippen LogP contribution is -2.68. The summed E-state index contributed by atoms with van der Waals surface area (Å²) >= 11 is 0. The van der Waals surface area contributed by atoms with Gasteiger partial charge in [-0.2, -0.15) is 30.9 Å². The molecular weight excluding hydrogens is 556 g/mol. The Labute approximate surface area is 219 Å². The number of carbonyl (C=O) groups is 1. The van der Waals surface area contributed by atoms with Crippen molar-refractivity contribution in [2.24, 2.45) is 0 Å². The average Bonchev–Trinajstić information content (AvgIpc) is 2.87. The van der Waals surface area contributed by atoms with Crippen molar-refractivity contribution in [1.29, 1.82) is 0 Å². The monoisotopic (exact) mass is 571 g/mol. The SMILES string of the molecule is O=C(c1ccccc1)c1ccc(-c2ccccc2)[n+](-c2cc(C(F)(F)F)cc(C(F)(F)F)c2)c1.[O-][Cl+3]([O-])([O-])[O-]. The second kappa shape index (κ2) is 11.5. The Morgan fingerprint density at radius 3 is 1.56 bits per heavy atom. The number of pyridine rings is 1. The highest BCUT2D eigenvalue weighted by Crippen LogP contribution is 2.36. The highest BCUT2D eigenvalue weighted by molar-refractivity contribution is 6.08. The minimum Gasteiger partial charge on any atom is -0.288 e. The van der Waals surface area contributed by atoms with Crippen LogP contribution in [-0.4, -0.2) is 5.78 Å². The first-order valence-electron chi connectivity index (χ1n) is 10.7. The number of ketones is 1. The molecule has 0 fully saturated rings. The van der Waals surface area contributed by atoms with Gasteiger partial charge in [0.1, 0.15) is 0 Å². The molecule has 6 nitrogen and oxygen atoms in total. The number of alkyl halides is 6. The van der Waals surface area contributed by atoms with Crippen LogP contribution < -0.4 is 23.2 Å². The molecule has 13 heteroatoms. The third kappa shape index (κ3) is 8.34. The van der Waals surface area contributed by atoms with Gasteiger partial charge in [0.15, 0.2) is 12.0 Å². The first-order valence-corrected chi connectivity index (χ1v) is 11.9. The summed E-state index contributed by atoms with van der Waals surface area (Å²) in [5.41, 5.74) is -1.95. The second-order valence-corrected chi connectivity index (χ2v) is 8.63. The van der Waals surface area contributed by atoms with Gasteiger partial charge in [0.05, 0.1) is 16.7 Å². The van der Waals surface area contributed by atoms with Crippen molar-refractivity contribution in [1.82, 2.24) is 0 Å². The van der Waals surface area contributed by atoms with Gasteiger partial charge in [-0.05, 0) is 24.3 Å². The summed E-state index contributed by atoms with van der Waals surface area (Å²) in [6, 6.07) is 21.0. The van der Waals surface area contributed by atoms with E-state index in [2.05, 4.69) is 0 Å². The van der Waals surface area contributed by atoms with E-state index in [9.17, 15) is 31.1 Å². The summed E-state index contributed by atoms with van der Waals surface area (Å²) in [6.45, 7) is 0. The third-order valence-electron chi connectivity index (χ3n) is 5.17. The highest BCUT2D eigenvalue weighted by Gasteiger charge is 2.38. The molecule has 4 rings (SSSR count). The van der Waals surface area contributed by atoms with Crippen LogP contribution in [0.15, 0.2) is 97.2 Å². The van der Waals surface area contributed by atoms with Gasteiger partial charge in [0.25, 0.3) is 0 Å². The summed E-state index contributed by atoms with van der Waals surface area (Å²) in [5.74, 6) is -0.419. The van der Waals surface area contributed by atoms with Crippen LogP contribution in [0.2, 0.25) is 0 Å². The summed E-state index contributed by atoms with van der Waals surface area (Å²) < 4.78 is 116. The number of aromatic nitrogens is 1. The van der Waals surface area contributed by atoms with Crippen LogP contribution in [0.1, 0.15) is 27.0 Å². The van der Waals surface area contributed by atoms with E-state index < -0.39 is 39.5 Å². The molecule has 0 atom stereocenters. The van der Waals surface area contributed by atoms with E-state index in [1.165, 1.54) is 22.9 Å². The summed E-state index contributed by atoms with van der Waals surface area (Å²) in [7, 11) is -4.94. The molecule has 204 valence electrons. The normalized spacial score (nSPS) is 11.9. The zero-order chi connectivity index (χ0) is 29.0. The van der Waals surface area contributed by atoms with Crippen LogP contribution >= 0.6 is 0 Å². The van der Waals surface area contributed by atoms with Gasteiger partial charge in [-0.15, -0.1) is 10.2 Å². The lowest BCUT2D eigenvalue weighted by molar-refractivity contribution is -2.00. The number of carbonyl (C=O) groups excluding carboxylic acids is 1. The van der Waals surface area contributed by atoms with Gasteiger partial charge in [-0.3, -0.25) is 4.79 Å². The van der Waals surface area contributed by atoms with E-state index >= 15 is 0 Å². The lowest BCUT2D eigenvalue weighted by atomic mass is 10.0. The molecule has 0 saturated carbocycles. The standard InChI is InChI=1S/C26H16F6NO.ClHO4/c27-25(28,29)20-13-21(26(30,31)32)15-22(14-20)33-16-19(24(34)18-9-5-2-6-10-18)11-12-23(33)17-7-3-1-4-8-17;2-1(3,4)5/h1-16H;(H,2,3,4,5)/q+1;/p-1. The van der Waals surface area contributed by atoms with Crippen molar-refractivity contribution in [2.45, 2.75) is 12.4 Å². The number of halogens is 7. The lowest BCUT2D eigenvalue weighted by Gasteiger charge is -2.17. The Kier molecular flexibility index (Phi) is 8.78. The first kappa shape index (κ1) is 29.7. The van der Waals surface area contributed by atoms with E-state index in [1.807, 2.05) is 0 Å². The molecule has 1 heterocycles. The quantitative estimate of drug-likeness (QED) is 0.212. The zero-order valence-corrected chi connectivity index (χ0v) is 20.1. The zero-order valence-electron chi connectivity index (χ0n) is 19.4. The largest absolute Gasteiger partial charge is 0.416 e. The Bertz CT molecular complexity index is 1400. The topological polar surface area (TPSA) is 113 Å². The van der Waals surface area contributed by atoms with Gasteiger partial charge in [-0.25, -0.2) is 18.6 Å². The van der Waals surface area contributed by atoms with Crippen LogP contribution in [0, 0.1) is 10.2 Å². The van der Waals surface area contributed by atoms with Gasteiger partial charge in [0, 0.05) is 29.3 Å². The van der Waals surface area contributed by atoms with Crippen LogP contribution in [0.4, 0.5) is 26.3 Å². The van der Waals surface area contributed by atoms with Gasteiger partial charge in [-0.1, -0.05) is 48.5 Å². The minimum atomic E-state index is -5.00. The van der Waals surface area contributed by atoms with E-state index in [-0.39, 0.29) is 17.3 Å². The molecular formula is C26H16ClF6NO5. The Hall–Kier alpha value is -3.81. The smallest absolute Gasteiger partial charge is 0.288 e. The van der Waals surface area contributed by atoms with Crippen LogP contribution in [0.25, 0.3) is 16.9 Å². The third-order valence-corrected chi connectivity index (χ3v) is 5.17. The fourth-order valence-corrected chi connectivity index (χ4v) is 3.53. The summed E-state index contributed by atoms with van der Waals surface area (Å²) in [6.07, 6.45) is -8.74. The second-order valence-electron chi connectivity index (χ2n) is 7.88. The maximum atomic E-state index is 13.5. The molecule has 0 aliphatic heterocycles. The Morgan fingerprint density at radius 2 is 1.10 bits per heavy atom. The fraction of sp³-hybridized carbons (Fsp3) is 0.0769. The first-order chi connectivity index (χ1) is 18.0. The van der Waals surface area contributed by atoms with E-state index in [4.69, 9.17) is 18.6 Å². The summed E-state index contributed by atoms with van der Waals surface area (Å²) in [4.78, 5) is 13.0. The molecule has 0 amide bonds. The van der Waals surface area contributed by atoms with Gasteiger partial charge < -0.3 is 0 Å². The van der Waals surface area contributed by atoms with Crippen molar-refractivity contribution < 1.29 is 64.6 Å². The number of nitrogens with zero attached hydrogens (tertiary/aromatic N) is 1. The number of hydrogen-bond acceptors (Lipinski definition) is 5. The number of rotatable bonds is 4. The van der Waals surface area contributed by atoms with Gasteiger partial charge >= 0.3 is 12.4 Å². The van der Waals surface area contributed by atoms with E-state index in [1.54, 1.807) is 60.7 Å². The molecule has 4 aromatic rings. The van der Waals surface area contributed by atoms with Crippen LogP contribution in [0.5, 0.6) is 0 Å². The molecule has 0 aliphatic carbocycles. The molecule has 0 N–H and O–H groups in total. The van der Waals surface area contributed by atoms with Crippen molar-refractivity contribution in [3.8, 4) is 16.9 Å². The minimum absolute atomic E-state index is 0.0746. The molecule has 1 aromatic heterocycles. The molecule has 0 spiro atoms. The molecule has 0 radical (unpaired) electrons. The van der Waals surface area contributed by atoms with Gasteiger partial charge in [0.2, 0.25) is 11.4 Å². The summed E-state index contributed by atoms with van der Waals surface area (Å²) in [5, 5.41) is 0. The Balaban J connectivity index is 0.000000771. The van der Waals surface area contributed by atoms with E-state index in [0.717, 1.165) is 0 Å².